The maximum Gasteiger partial charge on any atom is 0.416 e. The molecule has 0 unspecified atom stereocenters. The molecule has 152 valence electrons. The highest BCUT2D eigenvalue weighted by atomic mass is 19.4. The second kappa shape index (κ2) is 11.2. The third-order valence-corrected chi connectivity index (χ3v) is 3.91. The molecule has 0 amide bonds. The minimum absolute atomic E-state index is 0.314. The maximum atomic E-state index is 12.6. The number of unbranched alkanes of at least 4 members (excludes halogenated alkanes) is 1. The summed E-state index contributed by atoms with van der Waals surface area (Å²) in [6, 6.07) is 10.8. The second-order valence-electron chi connectivity index (χ2n) is 6.17. The molecule has 1 aromatic heterocycles. The Kier molecular flexibility index (Phi) is 8.58. The number of hydrogen-bond donors (Lipinski definition) is 3. The van der Waals surface area contributed by atoms with Crippen LogP contribution in [0.4, 0.5) is 19.0 Å². The van der Waals surface area contributed by atoms with Crippen molar-refractivity contribution < 1.29 is 13.2 Å². The van der Waals surface area contributed by atoms with Gasteiger partial charge >= 0.3 is 6.18 Å². The molecular formula is C20H26F3N5. The number of nitrogens with one attached hydrogen (secondary N) is 3. The van der Waals surface area contributed by atoms with Crippen molar-refractivity contribution in [1.29, 1.82) is 0 Å². The molecule has 0 fully saturated rings. The van der Waals surface area contributed by atoms with Crippen molar-refractivity contribution in [2.75, 3.05) is 25.0 Å². The summed E-state index contributed by atoms with van der Waals surface area (Å²) in [7, 11) is 0. The van der Waals surface area contributed by atoms with E-state index in [9.17, 15) is 13.2 Å². The van der Waals surface area contributed by atoms with Gasteiger partial charge in [0.2, 0.25) is 0 Å². The Bertz CT molecular complexity index is 715. The highest BCUT2D eigenvalue weighted by Gasteiger charge is 2.29. The quantitative estimate of drug-likeness (QED) is 0.342. The number of aliphatic imine (C=N–C) groups is 1. The van der Waals surface area contributed by atoms with E-state index in [4.69, 9.17) is 0 Å². The molecule has 0 atom stereocenters. The molecule has 0 saturated carbocycles. The van der Waals surface area contributed by atoms with Crippen molar-refractivity contribution >= 4 is 11.8 Å². The number of alkyl halides is 3. The van der Waals surface area contributed by atoms with E-state index in [1.807, 2.05) is 25.1 Å². The number of rotatable bonds is 9. The Labute approximate surface area is 163 Å². The van der Waals surface area contributed by atoms with Crippen LogP contribution in [0.15, 0.2) is 53.7 Å². The van der Waals surface area contributed by atoms with Gasteiger partial charge in [0.1, 0.15) is 5.82 Å². The smallest absolute Gasteiger partial charge is 0.370 e. The van der Waals surface area contributed by atoms with E-state index in [0.717, 1.165) is 49.4 Å². The number of aromatic nitrogens is 1. The van der Waals surface area contributed by atoms with Gasteiger partial charge in [-0.15, -0.1) is 0 Å². The fraction of sp³-hybridized carbons (Fsp3) is 0.400. The third-order valence-electron chi connectivity index (χ3n) is 3.91. The first-order valence-corrected chi connectivity index (χ1v) is 9.32. The zero-order valence-electron chi connectivity index (χ0n) is 15.9. The topological polar surface area (TPSA) is 61.3 Å². The van der Waals surface area contributed by atoms with Crippen LogP contribution in [0.25, 0.3) is 0 Å². The monoisotopic (exact) mass is 393 g/mol. The van der Waals surface area contributed by atoms with Gasteiger partial charge in [-0.3, -0.25) is 0 Å². The molecule has 0 saturated heterocycles. The summed E-state index contributed by atoms with van der Waals surface area (Å²) in [5, 5.41) is 9.63. The molecule has 0 bridgehead atoms. The molecule has 1 aromatic carbocycles. The standard InChI is InChI=1S/C20H26F3N5/c1-2-24-19(27-14-6-5-13-26-18-7-3-4-12-25-18)28-15-16-8-10-17(11-9-16)20(21,22)23/h3-4,7-12H,2,5-6,13-15H2,1H3,(H,25,26)(H2,24,27,28). The lowest BCUT2D eigenvalue weighted by Gasteiger charge is -2.12. The maximum absolute atomic E-state index is 12.6. The average Bonchev–Trinajstić information content (AvgIpc) is 2.69. The molecule has 0 radical (unpaired) electrons. The van der Waals surface area contributed by atoms with E-state index in [1.165, 1.54) is 12.1 Å². The predicted octanol–water partition coefficient (Wildman–Crippen LogP) is 4.05. The predicted molar refractivity (Wildman–Crippen MR) is 106 cm³/mol. The third kappa shape index (κ3) is 7.85. The normalized spacial score (nSPS) is 11.9. The molecule has 5 nitrogen and oxygen atoms in total. The van der Waals surface area contributed by atoms with Gasteiger partial charge in [0.15, 0.2) is 5.96 Å². The van der Waals surface area contributed by atoms with Crippen molar-refractivity contribution in [3.05, 3.63) is 59.8 Å². The Morgan fingerprint density at radius 3 is 2.39 bits per heavy atom. The number of guanidine groups is 1. The van der Waals surface area contributed by atoms with Crippen molar-refractivity contribution in [3.63, 3.8) is 0 Å². The van der Waals surface area contributed by atoms with Gasteiger partial charge in [-0.25, -0.2) is 9.98 Å². The van der Waals surface area contributed by atoms with Gasteiger partial charge in [-0.2, -0.15) is 13.2 Å². The van der Waals surface area contributed by atoms with Gasteiger partial charge in [0.25, 0.3) is 0 Å². The van der Waals surface area contributed by atoms with Crippen molar-refractivity contribution in [3.8, 4) is 0 Å². The largest absolute Gasteiger partial charge is 0.416 e. The van der Waals surface area contributed by atoms with Crippen LogP contribution >= 0.6 is 0 Å². The summed E-state index contributed by atoms with van der Waals surface area (Å²) >= 11 is 0. The van der Waals surface area contributed by atoms with E-state index in [0.29, 0.717) is 19.0 Å². The summed E-state index contributed by atoms with van der Waals surface area (Å²) in [6.07, 6.45) is -0.643. The Balaban J connectivity index is 1.72. The van der Waals surface area contributed by atoms with Crippen LogP contribution in [0.2, 0.25) is 0 Å². The molecule has 1 heterocycles. The Morgan fingerprint density at radius 1 is 1.00 bits per heavy atom. The van der Waals surface area contributed by atoms with Crippen molar-refractivity contribution in [1.82, 2.24) is 15.6 Å². The molecule has 0 aliphatic rings. The first-order chi connectivity index (χ1) is 13.5. The van der Waals surface area contributed by atoms with E-state index in [2.05, 4.69) is 25.9 Å². The minimum Gasteiger partial charge on any atom is -0.370 e. The van der Waals surface area contributed by atoms with E-state index in [-0.39, 0.29) is 0 Å². The lowest BCUT2D eigenvalue weighted by atomic mass is 10.1. The fourth-order valence-corrected chi connectivity index (χ4v) is 2.45. The number of halogens is 3. The summed E-state index contributed by atoms with van der Waals surface area (Å²) in [6.45, 7) is 4.57. The zero-order valence-corrected chi connectivity index (χ0v) is 15.9. The molecule has 0 aliphatic heterocycles. The van der Waals surface area contributed by atoms with Crippen LogP contribution in [-0.2, 0) is 12.7 Å². The number of benzene rings is 1. The minimum atomic E-state index is -4.32. The van der Waals surface area contributed by atoms with Gasteiger partial charge < -0.3 is 16.0 Å². The van der Waals surface area contributed by atoms with Crippen LogP contribution in [0.3, 0.4) is 0 Å². The first-order valence-electron chi connectivity index (χ1n) is 9.32. The van der Waals surface area contributed by atoms with Crippen molar-refractivity contribution in [2.45, 2.75) is 32.5 Å². The molecule has 2 rings (SSSR count). The lowest BCUT2D eigenvalue weighted by molar-refractivity contribution is -0.137. The number of pyridine rings is 1. The van der Waals surface area contributed by atoms with E-state index in [1.54, 1.807) is 6.20 Å². The molecule has 0 spiro atoms. The molecule has 3 N–H and O–H groups in total. The Morgan fingerprint density at radius 2 is 1.75 bits per heavy atom. The molecule has 8 heteroatoms. The van der Waals surface area contributed by atoms with Crippen LogP contribution < -0.4 is 16.0 Å². The second-order valence-corrected chi connectivity index (χ2v) is 6.17. The van der Waals surface area contributed by atoms with Crippen LogP contribution in [0, 0.1) is 0 Å². The molecular weight excluding hydrogens is 367 g/mol. The van der Waals surface area contributed by atoms with Gasteiger partial charge in [-0.05, 0) is 49.6 Å². The van der Waals surface area contributed by atoms with Gasteiger partial charge in [0, 0.05) is 25.8 Å². The van der Waals surface area contributed by atoms with Crippen molar-refractivity contribution in [2.24, 2.45) is 4.99 Å². The fourth-order valence-electron chi connectivity index (χ4n) is 2.45. The highest BCUT2D eigenvalue weighted by molar-refractivity contribution is 5.79. The zero-order chi connectivity index (χ0) is 20.2. The first kappa shape index (κ1) is 21.5. The Hall–Kier alpha value is -2.77. The van der Waals surface area contributed by atoms with Crippen LogP contribution in [-0.4, -0.2) is 30.6 Å². The highest BCUT2D eigenvalue weighted by Crippen LogP contribution is 2.29. The summed E-state index contributed by atoms with van der Waals surface area (Å²) in [5.74, 6) is 1.52. The van der Waals surface area contributed by atoms with E-state index < -0.39 is 11.7 Å². The van der Waals surface area contributed by atoms with E-state index >= 15 is 0 Å². The summed E-state index contributed by atoms with van der Waals surface area (Å²) in [4.78, 5) is 8.63. The number of nitrogens with zero attached hydrogens (tertiary/aromatic N) is 2. The lowest BCUT2D eigenvalue weighted by Crippen LogP contribution is -2.37. The average molecular weight is 393 g/mol. The summed E-state index contributed by atoms with van der Waals surface area (Å²) < 4.78 is 37.8. The van der Waals surface area contributed by atoms with Gasteiger partial charge in [0.05, 0.1) is 12.1 Å². The van der Waals surface area contributed by atoms with Gasteiger partial charge in [-0.1, -0.05) is 18.2 Å². The summed E-state index contributed by atoms with van der Waals surface area (Å²) in [5.41, 5.74) is 0.0781. The molecule has 28 heavy (non-hydrogen) atoms. The number of anilines is 1. The van der Waals surface area contributed by atoms with Crippen LogP contribution in [0.1, 0.15) is 30.9 Å². The SMILES string of the molecule is CCNC(=NCc1ccc(C(F)(F)F)cc1)NCCCCNc1ccccn1. The number of hydrogen-bond acceptors (Lipinski definition) is 3. The molecule has 0 aliphatic carbocycles. The molecule has 2 aromatic rings. The van der Waals surface area contributed by atoms with Crippen LogP contribution in [0.5, 0.6) is 0 Å².